The Hall–Kier alpha value is -0.860. The minimum Gasteiger partial charge on any atom is -0.357 e. The normalized spacial score (nSPS) is 17.5. The highest BCUT2D eigenvalue weighted by atomic mass is 32.2. The molecule has 8 heteroatoms. The molecule has 0 spiro atoms. The fourth-order valence-corrected chi connectivity index (χ4v) is 3.50. The summed E-state index contributed by atoms with van der Waals surface area (Å²) < 4.78 is 25.4. The van der Waals surface area contributed by atoms with Crippen molar-refractivity contribution in [2.75, 3.05) is 45.0 Å². The van der Waals surface area contributed by atoms with Crippen LogP contribution in [0, 0.1) is 0 Å². The molecule has 1 saturated heterocycles. The molecule has 1 aliphatic rings. The summed E-state index contributed by atoms with van der Waals surface area (Å²) in [5.41, 5.74) is 0.0551. The number of hydrogen-bond donors (Lipinski definition) is 3. The van der Waals surface area contributed by atoms with E-state index >= 15 is 0 Å². The van der Waals surface area contributed by atoms with Gasteiger partial charge >= 0.3 is 0 Å². The molecule has 25 heavy (non-hydrogen) atoms. The molecule has 7 nitrogen and oxygen atoms in total. The smallest absolute Gasteiger partial charge is 0.211 e. The molecule has 1 heterocycles. The second kappa shape index (κ2) is 11.0. The number of likely N-dealkylation sites (tertiary alicyclic amines) is 1. The third-order valence-electron chi connectivity index (χ3n) is 4.53. The second-order valence-electron chi connectivity index (χ2n) is 7.13. The Bertz CT molecular complexity index is 499. The minimum atomic E-state index is -3.10. The maximum Gasteiger partial charge on any atom is 0.211 e. The summed E-state index contributed by atoms with van der Waals surface area (Å²) in [4.78, 5) is 7.27. The molecule has 0 amide bonds. The molecule has 0 atom stereocenters. The lowest BCUT2D eigenvalue weighted by molar-refractivity contribution is 0.102. The number of nitrogens with zero attached hydrogens (tertiary/aromatic N) is 2. The number of rotatable bonds is 10. The molecule has 1 fully saturated rings. The van der Waals surface area contributed by atoms with E-state index in [2.05, 4.69) is 34.1 Å². The average molecular weight is 376 g/mol. The van der Waals surface area contributed by atoms with Crippen LogP contribution in [0.1, 0.15) is 53.4 Å². The first kappa shape index (κ1) is 22.2. The van der Waals surface area contributed by atoms with Gasteiger partial charge < -0.3 is 10.6 Å². The van der Waals surface area contributed by atoms with Gasteiger partial charge in [0.15, 0.2) is 5.96 Å². The average Bonchev–Trinajstić information content (AvgIpc) is 2.60. The number of piperidine rings is 1. The Morgan fingerprint density at radius 2 is 1.76 bits per heavy atom. The van der Waals surface area contributed by atoms with Crippen LogP contribution in [-0.4, -0.2) is 69.8 Å². The molecule has 0 unspecified atom stereocenters. The Labute approximate surface area is 154 Å². The standard InChI is InChI=1S/C17H37N5O2S/c1-5-18-16(19-11-10-12-21-25(23,24)6-2)20-15-17(3,4)22-13-8-7-9-14-22/h21H,5-15H2,1-4H3,(H2,18,19,20). The molecular weight excluding hydrogens is 338 g/mol. The summed E-state index contributed by atoms with van der Waals surface area (Å²) >= 11 is 0. The van der Waals surface area contributed by atoms with Crippen molar-refractivity contribution in [2.45, 2.75) is 58.9 Å². The molecule has 1 rings (SSSR count). The summed E-state index contributed by atoms with van der Waals surface area (Å²) in [6, 6.07) is 0. The third-order valence-corrected chi connectivity index (χ3v) is 5.93. The first-order chi connectivity index (χ1) is 11.8. The van der Waals surface area contributed by atoms with Crippen LogP contribution in [0.15, 0.2) is 4.99 Å². The Morgan fingerprint density at radius 1 is 1.08 bits per heavy atom. The van der Waals surface area contributed by atoms with E-state index in [1.54, 1.807) is 6.92 Å². The molecule has 0 radical (unpaired) electrons. The largest absolute Gasteiger partial charge is 0.357 e. The lowest BCUT2D eigenvalue weighted by Gasteiger charge is -2.40. The monoisotopic (exact) mass is 375 g/mol. The van der Waals surface area contributed by atoms with Gasteiger partial charge in [0.05, 0.1) is 12.3 Å². The van der Waals surface area contributed by atoms with Crippen molar-refractivity contribution >= 4 is 16.0 Å². The van der Waals surface area contributed by atoms with Crippen molar-refractivity contribution in [3.63, 3.8) is 0 Å². The molecule has 1 aliphatic heterocycles. The lowest BCUT2D eigenvalue weighted by Crippen LogP contribution is -2.49. The molecule has 0 aromatic rings. The van der Waals surface area contributed by atoms with E-state index in [4.69, 9.17) is 4.99 Å². The molecule has 0 bridgehead atoms. The minimum absolute atomic E-state index is 0.0551. The van der Waals surface area contributed by atoms with Gasteiger partial charge in [-0.3, -0.25) is 9.89 Å². The van der Waals surface area contributed by atoms with Crippen molar-refractivity contribution in [3.8, 4) is 0 Å². The van der Waals surface area contributed by atoms with E-state index in [1.807, 2.05) is 6.92 Å². The number of guanidine groups is 1. The molecule has 0 aromatic carbocycles. The fraction of sp³-hybridized carbons (Fsp3) is 0.941. The Balaban J connectivity index is 2.42. The highest BCUT2D eigenvalue weighted by Crippen LogP contribution is 2.20. The van der Waals surface area contributed by atoms with Gasteiger partial charge in [0.25, 0.3) is 0 Å². The second-order valence-corrected chi connectivity index (χ2v) is 9.23. The van der Waals surface area contributed by atoms with Gasteiger partial charge in [0.1, 0.15) is 0 Å². The summed E-state index contributed by atoms with van der Waals surface area (Å²) in [5.74, 6) is 0.918. The number of nitrogens with one attached hydrogen (secondary N) is 3. The maximum atomic E-state index is 11.4. The van der Waals surface area contributed by atoms with Crippen LogP contribution in [0.4, 0.5) is 0 Å². The van der Waals surface area contributed by atoms with Crippen LogP contribution in [0.25, 0.3) is 0 Å². The molecule has 0 saturated carbocycles. The van der Waals surface area contributed by atoms with Gasteiger partial charge in [-0.05, 0) is 60.0 Å². The molecule has 0 aromatic heterocycles. The predicted molar refractivity (Wildman–Crippen MR) is 106 cm³/mol. The predicted octanol–water partition coefficient (Wildman–Crippen LogP) is 1.14. The first-order valence-corrected chi connectivity index (χ1v) is 11.2. The summed E-state index contributed by atoms with van der Waals surface area (Å²) in [6.07, 6.45) is 4.61. The molecular formula is C17H37N5O2S. The van der Waals surface area contributed by atoms with Gasteiger partial charge in [-0.2, -0.15) is 0 Å². The fourth-order valence-electron chi connectivity index (χ4n) is 2.84. The quantitative estimate of drug-likeness (QED) is 0.303. The van der Waals surface area contributed by atoms with Gasteiger partial charge in [0, 0.05) is 25.2 Å². The number of hydrogen-bond acceptors (Lipinski definition) is 4. The molecule has 148 valence electrons. The third kappa shape index (κ3) is 8.87. The highest BCUT2D eigenvalue weighted by Gasteiger charge is 2.27. The molecule has 3 N–H and O–H groups in total. The van der Waals surface area contributed by atoms with E-state index in [0.29, 0.717) is 13.1 Å². The van der Waals surface area contributed by atoms with Gasteiger partial charge in [-0.25, -0.2) is 13.1 Å². The van der Waals surface area contributed by atoms with E-state index in [1.165, 1.54) is 19.3 Å². The zero-order valence-corrected chi connectivity index (χ0v) is 17.2. The van der Waals surface area contributed by atoms with E-state index in [-0.39, 0.29) is 11.3 Å². The zero-order chi connectivity index (χ0) is 18.8. The van der Waals surface area contributed by atoms with Crippen LogP contribution in [0.3, 0.4) is 0 Å². The number of sulfonamides is 1. The maximum absolute atomic E-state index is 11.4. The Morgan fingerprint density at radius 3 is 2.36 bits per heavy atom. The van der Waals surface area contributed by atoms with Crippen LogP contribution >= 0.6 is 0 Å². The van der Waals surface area contributed by atoms with E-state index in [9.17, 15) is 8.42 Å². The van der Waals surface area contributed by atoms with Crippen molar-refractivity contribution in [3.05, 3.63) is 0 Å². The van der Waals surface area contributed by atoms with Crippen LogP contribution in [0.5, 0.6) is 0 Å². The number of aliphatic imine (C=N–C) groups is 1. The van der Waals surface area contributed by atoms with Crippen molar-refractivity contribution in [2.24, 2.45) is 4.99 Å². The van der Waals surface area contributed by atoms with Gasteiger partial charge in [-0.1, -0.05) is 6.42 Å². The summed E-state index contributed by atoms with van der Waals surface area (Å²) in [7, 11) is -3.10. The van der Waals surface area contributed by atoms with E-state index in [0.717, 1.165) is 38.6 Å². The lowest BCUT2D eigenvalue weighted by atomic mass is 9.99. The summed E-state index contributed by atoms with van der Waals surface area (Å²) in [6.45, 7) is 13.2. The highest BCUT2D eigenvalue weighted by molar-refractivity contribution is 7.89. The summed E-state index contributed by atoms with van der Waals surface area (Å²) in [5, 5.41) is 6.54. The van der Waals surface area contributed by atoms with Crippen LogP contribution in [-0.2, 0) is 10.0 Å². The van der Waals surface area contributed by atoms with Crippen LogP contribution in [0.2, 0.25) is 0 Å². The first-order valence-electron chi connectivity index (χ1n) is 9.55. The van der Waals surface area contributed by atoms with E-state index < -0.39 is 10.0 Å². The molecule has 0 aliphatic carbocycles. The zero-order valence-electron chi connectivity index (χ0n) is 16.4. The van der Waals surface area contributed by atoms with Crippen molar-refractivity contribution in [1.82, 2.24) is 20.3 Å². The van der Waals surface area contributed by atoms with Crippen LogP contribution < -0.4 is 15.4 Å². The Kier molecular flexibility index (Phi) is 9.74. The topological polar surface area (TPSA) is 85.8 Å². The van der Waals surface area contributed by atoms with Gasteiger partial charge in [0.2, 0.25) is 10.0 Å². The van der Waals surface area contributed by atoms with Gasteiger partial charge in [-0.15, -0.1) is 0 Å². The van der Waals surface area contributed by atoms with Crippen molar-refractivity contribution < 1.29 is 8.42 Å². The van der Waals surface area contributed by atoms with Crippen molar-refractivity contribution in [1.29, 1.82) is 0 Å². The SMILES string of the molecule is CCNC(=NCC(C)(C)N1CCCCC1)NCCCNS(=O)(=O)CC.